The Morgan fingerprint density at radius 1 is 1.15 bits per heavy atom. The maximum absolute atomic E-state index is 12.6. The van der Waals surface area contributed by atoms with Gasteiger partial charge in [0.15, 0.2) is 0 Å². The van der Waals surface area contributed by atoms with Crippen molar-refractivity contribution >= 4 is 39.1 Å². The third-order valence-electron chi connectivity index (χ3n) is 3.51. The van der Waals surface area contributed by atoms with Crippen LogP contribution >= 0.6 is 11.6 Å². The highest BCUT2D eigenvalue weighted by Crippen LogP contribution is 2.27. The number of amides is 1. The Labute approximate surface area is 158 Å². The van der Waals surface area contributed by atoms with Gasteiger partial charge in [0, 0.05) is 19.8 Å². The van der Waals surface area contributed by atoms with Crippen molar-refractivity contribution in [2.45, 2.75) is 0 Å². The zero-order valence-corrected chi connectivity index (χ0v) is 16.2. The molecule has 7 nitrogen and oxygen atoms in total. The monoisotopic (exact) mass is 397 g/mol. The van der Waals surface area contributed by atoms with Crippen LogP contribution in [0.2, 0.25) is 5.02 Å². The highest BCUT2D eigenvalue weighted by atomic mass is 35.5. The molecule has 2 aromatic rings. The fraction of sp³-hybridized carbons (Fsp3) is 0.235. The van der Waals surface area contributed by atoms with Crippen LogP contribution in [0.1, 0.15) is 0 Å². The van der Waals surface area contributed by atoms with Gasteiger partial charge in [-0.05, 0) is 30.3 Å². The molecule has 0 aliphatic carbocycles. The Bertz CT molecular complexity index is 873. The van der Waals surface area contributed by atoms with Gasteiger partial charge in [0.05, 0.1) is 17.8 Å². The molecule has 2 rings (SSSR count). The minimum atomic E-state index is -3.84. The normalized spacial score (nSPS) is 11.3. The fourth-order valence-corrected chi connectivity index (χ4v) is 3.49. The molecule has 0 unspecified atom stereocenters. The standard InChI is InChI=1S/C17H20ClN3O4S/c1-20(2)26(23,24)21(14-7-5-4-6-8-14)12-17(22)19-13-9-10-16(25-3)15(18)11-13/h4-11H,12H2,1-3H3,(H,19,22). The molecular formula is C17H20ClN3O4S. The number of halogens is 1. The molecule has 9 heteroatoms. The summed E-state index contributed by atoms with van der Waals surface area (Å²) in [5.74, 6) is -0.0220. The second-order valence-corrected chi connectivity index (χ2v) is 8.00. The van der Waals surface area contributed by atoms with Crippen LogP contribution < -0.4 is 14.4 Å². The van der Waals surface area contributed by atoms with Crippen LogP contribution in [-0.4, -0.2) is 46.4 Å². The second-order valence-electron chi connectivity index (χ2n) is 5.53. The highest BCUT2D eigenvalue weighted by Gasteiger charge is 2.27. The molecule has 0 heterocycles. The number of carbonyl (C=O) groups is 1. The molecule has 140 valence electrons. The number of nitrogens with one attached hydrogen (secondary N) is 1. The Kier molecular flexibility index (Phi) is 6.47. The van der Waals surface area contributed by atoms with Gasteiger partial charge in [0.1, 0.15) is 12.3 Å². The molecule has 0 spiro atoms. The minimum absolute atomic E-state index is 0.339. The van der Waals surface area contributed by atoms with Crippen LogP contribution in [-0.2, 0) is 15.0 Å². The maximum Gasteiger partial charge on any atom is 0.304 e. The third-order valence-corrected chi connectivity index (χ3v) is 5.62. The largest absolute Gasteiger partial charge is 0.495 e. The summed E-state index contributed by atoms with van der Waals surface area (Å²) in [5.41, 5.74) is 0.833. The van der Waals surface area contributed by atoms with E-state index < -0.39 is 16.1 Å². The minimum Gasteiger partial charge on any atom is -0.495 e. The first-order valence-corrected chi connectivity index (χ1v) is 9.42. The topological polar surface area (TPSA) is 79.0 Å². The Morgan fingerprint density at radius 3 is 2.35 bits per heavy atom. The number of ether oxygens (including phenoxy) is 1. The van der Waals surface area contributed by atoms with Crippen molar-refractivity contribution in [3.63, 3.8) is 0 Å². The van der Waals surface area contributed by atoms with Crippen LogP contribution in [0.15, 0.2) is 48.5 Å². The second kappa shape index (κ2) is 8.39. The van der Waals surface area contributed by atoms with E-state index in [-0.39, 0.29) is 6.54 Å². The Balaban J connectivity index is 2.23. The molecule has 26 heavy (non-hydrogen) atoms. The molecule has 0 atom stereocenters. The van der Waals surface area contributed by atoms with E-state index >= 15 is 0 Å². The Morgan fingerprint density at radius 2 is 1.81 bits per heavy atom. The SMILES string of the molecule is COc1ccc(NC(=O)CN(c2ccccc2)S(=O)(=O)N(C)C)cc1Cl. The van der Waals surface area contributed by atoms with Crippen LogP contribution in [0, 0.1) is 0 Å². The molecule has 1 amide bonds. The number of rotatable bonds is 7. The summed E-state index contributed by atoms with van der Waals surface area (Å²) in [7, 11) is 0.469. The van der Waals surface area contributed by atoms with E-state index in [1.54, 1.807) is 42.5 Å². The first kappa shape index (κ1) is 20.0. The van der Waals surface area contributed by atoms with Gasteiger partial charge in [-0.1, -0.05) is 29.8 Å². The number of para-hydroxylation sites is 1. The smallest absolute Gasteiger partial charge is 0.304 e. The van der Waals surface area contributed by atoms with Crippen molar-refractivity contribution < 1.29 is 17.9 Å². The molecule has 1 N–H and O–H groups in total. The van der Waals surface area contributed by atoms with Crippen molar-refractivity contribution in [1.82, 2.24) is 4.31 Å². The first-order valence-electron chi connectivity index (χ1n) is 7.64. The lowest BCUT2D eigenvalue weighted by atomic mass is 10.3. The predicted molar refractivity (Wildman–Crippen MR) is 103 cm³/mol. The maximum atomic E-state index is 12.6. The number of carbonyl (C=O) groups excluding carboxylic acids is 1. The summed E-state index contributed by atoms with van der Waals surface area (Å²) in [6.07, 6.45) is 0. The van der Waals surface area contributed by atoms with Crippen LogP contribution in [0.5, 0.6) is 5.75 Å². The van der Waals surface area contributed by atoms with Crippen molar-refractivity contribution in [2.75, 3.05) is 37.4 Å². The third kappa shape index (κ3) is 4.66. The average molecular weight is 398 g/mol. The van der Waals surface area contributed by atoms with Gasteiger partial charge in [-0.2, -0.15) is 12.7 Å². The zero-order chi connectivity index (χ0) is 19.3. The van der Waals surface area contributed by atoms with Crippen molar-refractivity contribution in [2.24, 2.45) is 0 Å². The van der Waals surface area contributed by atoms with Gasteiger partial charge in [-0.3, -0.25) is 4.79 Å². The van der Waals surface area contributed by atoms with E-state index in [1.807, 2.05) is 0 Å². The molecule has 0 bridgehead atoms. The van der Waals surface area contributed by atoms with E-state index in [1.165, 1.54) is 27.3 Å². The van der Waals surface area contributed by atoms with Gasteiger partial charge >= 0.3 is 10.2 Å². The van der Waals surface area contributed by atoms with Crippen LogP contribution in [0.3, 0.4) is 0 Å². The summed E-state index contributed by atoms with van der Waals surface area (Å²) in [6, 6.07) is 13.2. The van der Waals surface area contributed by atoms with E-state index in [0.29, 0.717) is 22.1 Å². The number of hydrogen-bond acceptors (Lipinski definition) is 4. The quantitative estimate of drug-likeness (QED) is 0.778. The van der Waals surface area contributed by atoms with Crippen molar-refractivity contribution in [3.05, 3.63) is 53.6 Å². The van der Waals surface area contributed by atoms with E-state index in [2.05, 4.69) is 5.32 Å². The molecule has 0 aliphatic rings. The van der Waals surface area contributed by atoms with E-state index in [9.17, 15) is 13.2 Å². The van der Waals surface area contributed by atoms with Gasteiger partial charge in [-0.15, -0.1) is 0 Å². The number of nitrogens with zero attached hydrogens (tertiary/aromatic N) is 2. The predicted octanol–water partition coefficient (Wildman–Crippen LogP) is 2.60. The molecule has 0 radical (unpaired) electrons. The summed E-state index contributed by atoms with van der Waals surface area (Å²) in [5, 5.41) is 2.98. The van der Waals surface area contributed by atoms with Crippen molar-refractivity contribution in [1.29, 1.82) is 0 Å². The zero-order valence-electron chi connectivity index (χ0n) is 14.6. The van der Waals surface area contributed by atoms with Gasteiger partial charge in [-0.25, -0.2) is 4.31 Å². The molecule has 0 aromatic heterocycles. The molecular weight excluding hydrogens is 378 g/mol. The number of benzene rings is 2. The molecule has 0 saturated heterocycles. The summed E-state index contributed by atoms with van der Waals surface area (Å²) in [4.78, 5) is 12.4. The first-order chi connectivity index (χ1) is 12.3. The van der Waals surface area contributed by atoms with Gasteiger partial charge in [0.2, 0.25) is 5.91 Å². The van der Waals surface area contributed by atoms with E-state index in [0.717, 1.165) is 8.61 Å². The number of methoxy groups -OCH3 is 1. The fourth-order valence-electron chi connectivity index (χ4n) is 2.17. The highest BCUT2D eigenvalue weighted by molar-refractivity contribution is 7.90. The van der Waals surface area contributed by atoms with Crippen LogP contribution in [0.25, 0.3) is 0 Å². The molecule has 0 saturated carbocycles. The van der Waals surface area contributed by atoms with Crippen LogP contribution in [0.4, 0.5) is 11.4 Å². The lowest BCUT2D eigenvalue weighted by Crippen LogP contribution is -2.44. The number of hydrogen-bond donors (Lipinski definition) is 1. The average Bonchev–Trinajstić information content (AvgIpc) is 2.60. The van der Waals surface area contributed by atoms with Gasteiger partial charge in [0.25, 0.3) is 0 Å². The Hall–Kier alpha value is -2.29. The summed E-state index contributed by atoms with van der Waals surface area (Å²) >= 11 is 6.04. The number of anilines is 2. The molecule has 0 fully saturated rings. The summed E-state index contributed by atoms with van der Waals surface area (Å²) in [6.45, 7) is -0.381. The summed E-state index contributed by atoms with van der Waals surface area (Å²) < 4.78 is 32.3. The lowest BCUT2D eigenvalue weighted by molar-refractivity contribution is -0.114. The lowest BCUT2D eigenvalue weighted by Gasteiger charge is -2.26. The molecule has 0 aliphatic heterocycles. The van der Waals surface area contributed by atoms with Gasteiger partial charge < -0.3 is 10.1 Å². The van der Waals surface area contributed by atoms with Crippen molar-refractivity contribution in [3.8, 4) is 5.75 Å². The van der Waals surface area contributed by atoms with E-state index in [4.69, 9.17) is 16.3 Å². The molecule has 2 aromatic carbocycles.